The Labute approximate surface area is 102 Å². The lowest BCUT2D eigenvalue weighted by molar-refractivity contribution is -0.133. The molecule has 4 heteroatoms. The molecule has 17 heavy (non-hydrogen) atoms. The van der Waals surface area contributed by atoms with Crippen LogP contribution in [0.3, 0.4) is 0 Å². The van der Waals surface area contributed by atoms with Crippen molar-refractivity contribution >= 4 is 5.91 Å². The highest BCUT2D eigenvalue weighted by molar-refractivity contribution is 5.78. The van der Waals surface area contributed by atoms with E-state index in [1.54, 1.807) is 0 Å². The van der Waals surface area contributed by atoms with Crippen LogP contribution >= 0.6 is 0 Å². The molecule has 1 fully saturated rings. The summed E-state index contributed by atoms with van der Waals surface area (Å²) in [5.41, 5.74) is 7.29. The van der Waals surface area contributed by atoms with Crippen LogP contribution in [0.1, 0.15) is 25.8 Å². The van der Waals surface area contributed by atoms with E-state index in [4.69, 9.17) is 5.73 Å². The van der Waals surface area contributed by atoms with E-state index in [2.05, 4.69) is 18.8 Å². The summed E-state index contributed by atoms with van der Waals surface area (Å²) in [6.07, 6.45) is 5.16. The standard InChI is InChI=1S/C13H21N3O/c1-13(2)4-6-16(9-11(13)14)12(17)7-10-3-5-15-8-10/h3,5,8,11,15H,4,6-7,9,14H2,1-2H3. The lowest BCUT2D eigenvalue weighted by atomic mass is 9.78. The highest BCUT2D eigenvalue weighted by Crippen LogP contribution is 2.29. The Morgan fingerprint density at radius 3 is 3.00 bits per heavy atom. The van der Waals surface area contributed by atoms with Gasteiger partial charge in [-0.1, -0.05) is 13.8 Å². The summed E-state index contributed by atoms with van der Waals surface area (Å²) in [6.45, 7) is 5.84. The second-order valence-corrected chi connectivity index (χ2v) is 5.58. The number of carbonyl (C=O) groups is 1. The number of nitrogens with two attached hydrogens (primary N) is 1. The van der Waals surface area contributed by atoms with Crippen LogP contribution in [0.2, 0.25) is 0 Å². The van der Waals surface area contributed by atoms with Gasteiger partial charge in [0.25, 0.3) is 0 Å². The number of piperidine rings is 1. The zero-order valence-corrected chi connectivity index (χ0v) is 10.6. The normalized spacial score (nSPS) is 23.7. The number of H-pyrrole nitrogens is 1. The van der Waals surface area contributed by atoms with Gasteiger partial charge in [0.1, 0.15) is 0 Å². The van der Waals surface area contributed by atoms with Crippen LogP contribution in [-0.4, -0.2) is 34.9 Å². The molecule has 2 heterocycles. The predicted molar refractivity (Wildman–Crippen MR) is 67.5 cm³/mol. The van der Waals surface area contributed by atoms with E-state index in [1.165, 1.54) is 0 Å². The van der Waals surface area contributed by atoms with Crippen molar-refractivity contribution in [3.05, 3.63) is 24.0 Å². The highest BCUT2D eigenvalue weighted by atomic mass is 16.2. The maximum Gasteiger partial charge on any atom is 0.227 e. The lowest BCUT2D eigenvalue weighted by Crippen LogP contribution is -2.54. The van der Waals surface area contributed by atoms with E-state index < -0.39 is 0 Å². The van der Waals surface area contributed by atoms with Crippen molar-refractivity contribution in [2.45, 2.75) is 32.7 Å². The molecule has 3 N–H and O–H groups in total. The number of hydrogen-bond donors (Lipinski definition) is 2. The molecule has 1 unspecified atom stereocenters. The van der Waals surface area contributed by atoms with Gasteiger partial charge in [-0.3, -0.25) is 4.79 Å². The predicted octanol–water partition coefficient (Wildman–Crippen LogP) is 1.14. The minimum Gasteiger partial charge on any atom is -0.367 e. The van der Waals surface area contributed by atoms with Crippen molar-refractivity contribution in [1.29, 1.82) is 0 Å². The molecule has 0 spiro atoms. The number of carbonyl (C=O) groups excluding carboxylic acids is 1. The third-order valence-electron chi connectivity index (χ3n) is 3.82. The summed E-state index contributed by atoms with van der Waals surface area (Å²) in [4.78, 5) is 16.9. The molecular formula is C13H21N3O. The molecule has 1 aliphatic heterocycles. The van der Waals surface area contributed by atoms with Crippen LogP contribution in [-0.2, 0) is 11.2 Å². The van der Waals surface area contributed by atoms with Gasteiger partial charge < -0.3 is 15.6 Å². The van der Waals surface area contributed by atoms with Crippen LogP contribution < -0.4 is 5.73 Å². The van der Waals surface area contributed by atoms with E-state index in [0.29, 0.717) is 13.0 Å². The number of rotatable bonds is 2. The summed E-state index contributed by atoms with van der Waals surface area (Å²) in [5, 5.41) is 0. The Hall–Kier alpha value is -1.29. The fourth-order valence-corrected chi connectivity index (χ4v) is 2.17. The molecule has 0 bridgehead atoms. The second-order valence-electron chi connectivity index (χ2n) is 5.58. The minimum absolute atomic E-state index is 0.0754. The Bertz CT molecular complexity index is 383. The van der Waals surface area contributed by atoms with Crippen molar-refractivity contribution in [2.24, 2.45) is 11.1 Å². The molecule has 1 aliphatic rings. The van der Waals surface area contributed by atoms with Gasteiger partial charge in [0.15, 0.2) is 0 Å². The number of hydrogen-bond acceptors (Lipinski definition) is 2. The maximum absolute atomic E-state index is 12.1. The first-order valence-corrected chi connectivity index (χ1v) is 6.14. The van der Waals surface area contributed by atoms with Gasteiger partial charge in [0.05, 0.1) is 6.42 Å². The van der Waals surface area contributed by atoms with Gasteiger partial charge in [-0.2, -0.15) is 0 Å². The Balaban J connectivity index is 1.93. The van der Waals surface area contributed by atoms with E-state index in [9.17, 15) is 4.79 Å². The fraction of sp³-hybridized carbons (Fsp3) is 0.615. The summed E-state index contributed by atoms with van der Waals surface area (Å²) >= 11 is 0. The quantitative estimate of drug-likeness (QED) is 0.807. The van der Waals surface area contributed by atoms with Crippen molar-refractivity contribution in [1.82, 2.24) is 9.88 Å². The molecule has 0 radical (unpaired) electrons. The van der Waals surface area contributed by atoms with E-state index >= 15 is 0 Å². The van der Waals surface area contributed by atoms with Crippen LogP contribution in [0.15, 0.2) is 18.5 Å². The van der Waals surface area contributed by atoms with Crippen molar-refractivity contribution in [3.63, 3.8) is 0 Å². The SMILES string of the molecule is CC1(C)CCN(C(=O)Cc2cc[nH]c2)CC1N. The molecule has 1 saturated heterocycles. The van der Waals surface area contributed by atoms with Crippen LogP contribution in [0, 0.1) is 5.41 Å². The number of amides is 1. The average Bonchev–Trinajstić information content (AvgIpc) is 2.74. The third kappa shape index (κ3) is 2.69. The fourth-order valence-electron chi connectivity index (χ4n) is 2.17. The number of nitrogens with zero attached hydrogens (tertiary/aromatic N) is 1. The zero-order valence-electron chi connectivity index (χ0n) is 10.6. The first-order valence-electron chi connectivity index (χ1n) is 6.14. The first-order chi connectivity index (χ1) is 7.99. The molecule has 1 aromatic rings. The van der Waals surface area contributed by atoms with Gasteiger partial charge >= 0.3 is 0 Å². The Morgan fingerprint density at radius 1 is 1.65 bits per heavy atom. The van der Waals surface area contributed by atoms with Crippen LogP contribution in [0.4, 0.5) is 0 Å². The molecule has 4 nitrogen and oxygen atoms in total. The van der Waals surface area contributed by atoms with Crippen molar-refractivity contribution in [2.75, 3.05) is 13.1 Å². The van der Waals surface area contributed by atoms with E-state index in [1.807, 2.05) is 23.4 Å². The highest BCUT2D eigenvalue weighted by Gasteiger charge is 2.34. The van der Waals surface area contributed by atoms with Crippen LogP contribution in [0.5, 0.6) is 0 Å². The van der Waals surface area contributed by atoms with Gasteiger partial charge in [-0.05, 0) is 23.5 Å². The molecule has 1 aromatic heterocycles. The molecule has 94 valence electrons. The first kappa shape index (κ1) is 12.2. The summed E-state index contributed by atoms with van der Waals surface area (Å²) < 4.78 is 0. The Kier molecular flexibility index (Phi) is 3.24. The number of aromatic nitrogens is 1. The largest absolute Gasteiger partial charge is 0.367 e. The minimum atomic E-state index is 0.0754. The van der Waals surface area contributed by atoms with Gasteiger partial charge in [-0.15, -0.1) is 0 Å². The maximum atomic E-state index is 12.1. The molecule has 2 rings (SSSR count). The molecule has 1 amide bonds. The molecule has 0 aromatic carbocycles. The number of nitrogens with one attached hydrogen (secondary N) is 1. The second kappa shape index (κ2) is 4.53. The monoisotopic (exact) mass is 235 g/mol. The third-order valence-corrected chi connectivity index (χ3v) is 3.82. The smallest absolute Gasteiger partial charge is 0.227 e. The summed E-state index contributed by atoms with van der Waals surface area (Å²) in [5.74, 6) is 0.176. The van der Waals surface area contributed by atoms with Crippen molar-refractivity contribution < 1.29 is 4.79 Å². The molecule has 0 saturated carbocycles. The number of likely N-dealkylation sites (tertiary alicyclic amines) is 1. The van der Waals surface area contributed by atoms with Crippen molar-refractivity contribution in [3.8, 4) is 0 Å². The Morgan fingerprint density at radius 2 is 2.41 bits per heavy atom. The molecule has 0 aliphatic carbocycles. The van der Waals surface area contributed by atoms with Crippen LogP contribution in [0.25, 0.3) is 0 Å². The summed E-state index contributed by atoms with van der Waals surface area (Å²) in [6, 6.07) is 2.01. The summed E-state index contributed by atoms with van der Waals surface area (Å²) in [7, 11) is 0. The van der Waals surface area contributed by atoms with E-state index in [0.717, 1.165) is 18.5 Å². The van der Waals surface area contributed by atoms with E-state index in [-0.39, 0.29) is 17.4 Å². The zero-order chi connectivity index (χ0) is 12.5. The molecular weight excluding hydrogens is 214 g/mol. The van der Waals surface area contributed by atoms with Gasteiger partial charge in [0.2, 0.25) is 5.91 Å². The average molecular weight is 235 g/mol. The van der Waals surface area contributed by atoms with Gasteiger partial charge in [0, 0.05) is 31.5 Å². The molecule has 1 atom stereocenters. The van der Waals surface area contributed by atoms with Gasteiger partial charge in [-0.25, -0.2) is 0 Å². The topological polar surface area (TPSA) is 62.1 Å². The lowest BCUT2D eigenvalue weighted by Gasteiger charge is -2.42. The number of aromatic amines is 1.